The van der Waals surface area contributed by atoms with Crippen LogP contribution in [0.15, 0.2) is 48.6 Å². The number of hydrogen-bond donors (Lipinski definition) is 4. The number of carboxylic acid groups (broad SMARTS) is 1. The molecule has 0 fully saturated rings. The predicted octanol–water partition coefficient (Wildman–Crippen LogP) is 3.17. The van der Waals surface area contributed by atoms with Crippen LogP contribution in [0.5, 0.6) is 23.0 Å². The number of methoxy groups -OCH3 is 1. The van der Waals surface area contributed by atoms with Crippen molar-refractivity contribution in [1.29, 1.82) is 0 Å². The number of carbonyl (C=O) groups is 2. The predicted molar refractivity (Wildman–Crippen MR) is 107 cm³/mol. The highest BCUT2D eigenvalue weighted by Gasteiger charge is 2.01. The lowest BCUT2D eigenvalue weighted by molar-refractivity contribution is -0.137. The first kappa shape index (κ1) is 23.1. The van der Waals surface area contributed by atoms with Crippen LogP contribution in [-0.4, -0.2) is 46.1 Å². The molecule has 0 atom stereocenters. The number of esters is 1. The average Bonchev–Trinajstić information content (AvgIpc) is 2.69. The van der Waals surface area contributed by atoms with Crippen LogP contribution >= 0.6 is 0 Å². The second-order valence-electron chi connectivity index (χ2n) is 5.44. The SMILES string of the molecule is CCOC(=O)C=Cc1ccc(O)c(OC)c1.O=C(O)C=Cc1ccc(O)c(O)c1. The van der Waals surface area contributed by atoms with Gasteiger partial charge in [-0.1, -0.05) is 12.1 Å². The number of carbonyl (C=O) groups excluding carboxylic acids is 1. The smallest absolute Gasteiger partial charge is 0.330 e. The van der Waals surface area contributed by atoms with E-state index >= 15 is 0 Å². The van der Waals surface area contributed by atoms with Gasteiger partial charge in [-0.3, -0.25) is 0 Å². The first-order valence-corrected chi connectivity index (χ1v) is 8.41. The molecule has 8 nitrogen and oxygen atoms in total. The summed E-state index contributed by atoms with van der Waals surface area (Å²) in [5.74, 6) is -1.52. The topological polar surface area (TPSA) is 134 Å². The van der Waals surface area contributed by atoms with E-state index in [0.29, 0.717) is 17.9 Å². The van der Waals surface area contributed by atoms with Crippen LogP contribution < -0.4 is 4.74 Å². The van der Waals surface area contributed by atoms with Crippen LogP contribution in [0, 0.1) is 0 Å². The molecule has 0 amide bonds. The van der Waals surface area contributed by atoms with Crippen LogP contribution in [-0.2, 0) is 14.3 Å². The molecule has 2 aromatic carbocycles. The maximum Gasteiger partial charge on any atom is 0.330 e. The van der Waals surface area contributed by atoms with Gasteiger partial charge in [-0.15, -0.1) is 0 Å². The van der Waals surface area contributed by atoms with Gasteiger partial charge in [0.05, 0.1) is 13.7 Å². The van der Waals surface area contributed by atoms with Crippen molar-refractivity contribution < 1.29 is 39.5 Å². The molecule has 0 aromatic heterocycles. The number of carboxylic acids is 1. The van der Waals surface area contributed by atoms with E-state index < -0.39 is 11.9 Å². The molecule has 0 saturated carbocycles. The standard InChI is InChI=1S/C12H14O4.C9H8O4/c1-3-16-12(14)7-5-9-4-6-10(13)11(8-9)15-2;10-7-3-1-6(5-8(7)11)2-4-9(12)13/h4-8,13H,3H2,1-2H3;1-5,10-11H,(H,12,13). The van der Waals surface area contributed by atoms with Gasteiger partial charge in [-0.25, -0.2) is 9.59 Å². The molecule has 0 aliphatic carbocycles. The van der Waals surface area contributed by atoms with Gasteiger partial charge in [0, 0.05) is 12.2 Å². The molecule has 0 radical (unpaired) electrons. The third-order valence-corrected chi connectivity index (χ3v) is 3.32. The van der Waals surface area contributed by atoms with Crippen molar-refractivity contribution in [1.82, 2.24) is 0 Å². The molecule has 154 valence electrons. The minimum Gasteiger partial charge on any atom is -0.504 e. The highest BCUT2D eigenvalue weighted by Crippen LogP contribution is 2.27. The summed E-state index contributed by atoms with van der Waals surface area (Å²) in [5.41, 5.74) is 1.26. The molecule has 2 aromatic rings. The van der Waals surface area contributed by atoms with Crippen molar-refractivity contribution in [3.63, 3.8) is 0 Å². The van der Waals surface area contributed by atoms with E-state index in [1.807, 2.05) is 0 Å². The van der Waals surface area contributed by atoms with Crippen molar-refractivity contribution in [2.24, 2.45) is 0 Å². The first-order valence-electron chi connectivity index (χ1n) is 8.41. The van der Waals surface area contributed by atoms with E-state index in [1.54, 1.807) is 25.1 Å². The van der Waals surface area contributed by atoms with Gasteiger partial charge in [0.2, 0.25) is 0 Å². The summed E-state index contributed by atoms with van der Waals surface area (Å²) in [4.78, 5) is 21.2. The third-order valence-electron chi connectivity index (χ3n) is 3.32. The molecule has 0 aliphatic heterocycles. The summed E-state index contributed by atoms with van der Waals surface area (Å²) in [6.45, 7) is 2.09. The monoisotopic (exact) mass is 402 g/mol. The second-order valence-corrected chi connectivity index (χ2v) is 5.44. The molecular weight excluding hydrogens is 380 g/mol. The van der Waals surface area contributed by atoms with Gasteiger partial charge < -0.3 is 29.9 Å². The summed E-state index contributed by atoms with van der Waals surface area (Å²) in [5, 5.41) is 35.6. The van der Waals surface area contributed by atoms with E-state index in [4.69, 9.17) is 24.8 Å². The van der Waals surface area contributed by atoms with Crippen molar-refractivity contribution in [2.75, 3.05) is 13.7 Å². The van der Waals surface area contributed by atoms with Crippen molar-refractivity contribution in [3.05, 3.63) is 59.7 Å². The Labute approximate surface area is 167 Å². The van der Waals surface area contributed by atoms with Crippen molar-refractivity contribution >= 4 is 24.1 Å². The molecule has 0 bridgehead atoms. The van der Waals surface area contributed by atoms with E-state index in [0.717, 1.165) is 11.6 Å². The summed E-state index contributed by atoms with van der Waals surface area (Å²) >= 11 is 0. The van der Waals surface area contributed by atoms with Crippen molar-refractivity contribution in [2.45, 2.75) is 6.92 Å². The quantitative estimate of drug-likeness (QED) is 0.329. The molecule has 0 spiro atoms. The van der Waals surface area contributed by atoms with Crippen LogP contribution in [0.3, 0.4) is 0 Å². The summed E-state index contributed by atoms with van der Waals surface area (Å²) < 4.78 is 9.68. The molecule has 29 heavy (non-hydrogen) atoms. The van der Waals surface area contributed by atoms with E-state index in [9.17, 15) is 14.7 Å². The number of rotatable bonds is 6. The Morgan fingerprint density at radius 2 is 1.48 bits per heavy atom. The van der Waals surface area contributed by atoms with E-state index in [-0.39, 0.29) is 17.2 Å². The Bertz CT molecular complexity index is 900. The Morgan fingerprint density at radius 1 is 0.897 bits per heavy atom. The summed E-state index contributed by atoms with van der Waals surface area (Å²) in [6.07, 6.45) is 5.20. The maximum absolute atomic E-state index is 11.0. The molecule has 0 saturated heterocycles. The highest BCUT2D eigenvalue weighted by atomic mass is 16.5. The first-order chi connectivity index (χ1) is 13.8. The normalized spacial score (nSPS) is 10.4. The number of ether oxygens (including phenoxy) is 2. The summed E-state index contributed by atoms with van der Waals surface area (Å²) in [6, 6.07) is 8.86. The van der Waals surface area contributed by atoms with E-state index in [1.165, 1.54) is 43.5 Å². The fourth-order valence-electron chi connectivity index (χ4n) is 1.96. The fraction of sp³-hybridized carbons (Fsp3) is 0.143. The summed E-state index contributed by atoms with van der Waals surface area (Å²) in [7, 11) is 1.47. The van der Waals surface area contributed by atoms with Gasteiger partial charge >= 0.3 is 11.9 Å². The van der Waals surface area contributed by atoms with Crippen LogP contribution in [0.4, 0.5) is 0 Å². The third kappa shape index (κ3) is 8.53. The van der Waals surface area contributed by atoms with Crippen LogP contribution in [0.2, 0.25) is 0 Å². The minimum absolute atomic E-state index is 0.0655. The van der Waals surface area contributed by atoms with Crippen LogP contribution in [0.1, 0.15) is 18.1 Å². The highest BCUT2D eigenvalue weighted by molar-refractivity contribution is 5.87. The number of benzene rings is 2. The van der Waals surface area contributed by atoms with Crippen LogP contribution in [0.25, 0.3) is 12.2 Å². The molecule has 0 heterocycles. The number of hydrogen-bond acceptors (Lipinski definition) is 7. The van der Waals surface area contributed by atoms with Gasteiger partial charge in [-0.2, -0.15) is 0 Å². The largest absolute Gasteiger partial charge is 0.504 e. The number of aromatic hydroxyl groups is 3. The maximum atomic E-state index is 11.0. The molecule has 4 N–H and O–H groups in total. The lowest BCUT2D eigenvalue weighted by Crippen LogP contribution is -1.98. The zero-order chi connectivity index (χ0) is 21.8. The number of phenolic OH excluding ortho intramolecular Hbond substituents is 3. The van der Waals surface area contributed by atoms with Gasteiger partial charge in [0.1, 0.15) is 0 Å². The molecule has 0 aliphatic rings. The number of aliphatic carboxylic acids is 1. The number of phenols is 3. The fourth-order valence-corrected chi connectivity index (χ4v) is 1.96. The minimum atomic E-state index is -1.06. The Hall–Kier alpha value is -3.94. The molecule has 2 rings (SSSR count). The Kier molecular flexibility index (Phi) is 9.32. The second kappa shape index (κ2) is 11.7. The lowest BCUT2D eigenvalue weighted by atomic mass is 10.2. The van der Waals surface area contributed by atoms with Crippen molar-refractivity contribution in [3.8, 4) is 23.0 Å². The Morgan fingerprint density at radius 3 is 2.03 bits per heavy atom. The Balaban J connectivity index is 0.000000296. The lowest BCUT2D eigenvalue weighted by Gasteiger charge is -2.03. The van der Waals surface area contributed by atoms with Gasteiger partial charge in [-0.05, 0) is 54.5 Å². The van der Waals surface area contributed by atoms with Gasteiger partial charge in [0.15, 0.2) is 23.0 Å². The van der Waals surface area contributed by atoms with Gasteiger partial charge in [0.25, 0.3) is 0 Å². The van der Waals surface area contributed by atoms with E-state index in [2.05, 4.69) is 0 Å². The average molecular weight is 402 g/mol. The molecule has 8 heteroatoms. The zero-order valence-corrected chi connectivity index (χ0v) is 15.9. The molecule has 0 unspecified atom stereocenters. The zero-order valence-electron chi connectivity index (χ0n) is 15.9. The molecular formula is C21H22O8.